The van der Waals surface area contributed by atoms with Crippen molar-refractivity contribution in [2.75, 3.05) is 46.4 Å². The van der Waals surface area contributed by atoms with Gasteiger partial charge in [-0.3, -0.25) is 9.69 Å². The van der Waals surface area contributed by atoms with Crippen LogP contribution in [0.1, 0.15) is 31.4 Å². The first-order chi connectivity index (χ1) is 12.1. The number of amides is 1. The van der Waals surface area contributed by atoms with Crippen LogP contribution in [0.2, 0.25) is 0 Å². The van der Waals surface area contributed by atoms with E-state index in [1.807, 2.05) is 11.0 Å². The number of nitrogens with zero attached hydrogens (tertiary/aromatic N) is 2. The van der Waals surface area contributed by atoms with Gasteiger partial charge < -0.3 is 20.1 Å². The van der Waals surface area contributed by atoms with E-state index in [0.29, 0.717) is 11.7 Å². The van der Waals surface area contributed by atoms with Crippen LogP contribution in [0.4, 0.5) is 0 Å². The zero-order chi connectivity index (χ0) is 17.8. The lowest BCUT2D eigenvalue weighted by Crippen LogP contribution is -2.51. The molecule has 6 heteroatoms. The summed E-state index contributed by atoms with van der Waals surface area (Å²) >= 11 is 0. The van der Waals surface area contributed by atoms with Crippen LogP contribution in [-0.2, 0) is 4.79 Å². The number of hydrogen-bond donors (Lipinski definition) is 2. The summed E-state index contributed by atoms with van der Waals surface area (Å²) < 4.78 is 5.26. The molecular formula is C19H29N3O3. The Bertz CT molecular complexity index is 594. The van der Waals surface area contributed by atoms with Gasteiger partial charge in [-0.2, -0.15) is 0 Å². The topological polar surface area (TPSA) is 65.0 Å². The fraction of sp³-hybridized carbons (Fsp3) is 0.632. The third kappa shape index (κ3) is 4.07. The van der Waals surface area contributed by atoms with E-state index in [1.165, 1.54) is 7.11 Å². The summed E-state index contributed by atoms with van der Waals surface area (Å²) in [6, 6.07) is 4.95. The Morgan fingerprint density at radius 3 is 2.56 bits per heavy atom. The fourth-order valence-corrected chi connectivity index (χ4v) is 3.72. The highest BCUT2D eigenvalue weighted by atomic mass is 16.5. The number of phenols is 1. The summed E-state index contributed by atoms with van der Waals surface area (Å²) in [5.41, 5.74) is 0.889. The Balaban J connectivity index is 1.88. The molecule has 2 aliphatic rings. The van der Waals surface area contributed by atoms with Gasteiger partial charge >= 0.3 is 0 Å². The summed E-state index contributed by atoms with van der Waals surface area (Å²) in [7, 11) is 1.53. The lowest BCUT2D eigenvalue weighted by Gasteiger charge is -2.39. The molecule has 0 bridgehead atoms. The fourth-order valence-electron chi connectivity index (χ4n) is 3.72. The number of methoxy groups -OCH3 is 1. The quantitative estimate of drug-likeness (QED) is 0.866. The number of benzene rings is 1. The summed E-state index contributed by atoms with van der Waals surface area (Å²) in [5.74, 6) is 1.37. The Labute approximate surface area is 149 Å². The summed E-state index contributed by atoms with van der Waals surface area (Å²) in [4.78, 5) is 17.6. The monoisotopic (exact) mass is 347 g/mol. The van der Waals surface area contributed by atoms with Crippen molar-refractivity contribution in [2.45, 2.75) is 25.8 Å². The van der Waals surface area contributed by atoms with Crippen molar-refractivity contribution in [2.24, 2.45) is 5.92 Å². The lowest BCUT2D eigenvalue weighted by molar-refractivity contribution is -0.139. The number of rotatable bonds is 4. The molecule has 1 aromatic carbocycles. The lowest BCUT2D eigenvalue weighted by atomic mass is 9.96. The number of likely N-dealkylation sites (tertiary alicyclic amines) is 1. The first kappa shape index (κ1) is 18.0. The Morgan fingerprint density at radius 2 is 1.92 bits per heavy atom. The number of carbonyl (C=O) groups excluding carboxylic acids is 1. The van der Waals surface area contributed by atoms with Gasteiger partial charge in [-0.05, 0) is 36.5 Å². The van der Waals surface area contributed by atoms with Crippen LogP contribution >= 0.6 is 0 Å². The molecule has 0 radical (unpaired) electrons. The van der Waals surface area contributed by atoms with Gasteiger partial charge in [0, 0.05) is 39.3 Å². The molecule has 138 valence electrons. The normalized spacial score (nSPS) is 21.1. The second-order valence-corrected chi connectivity index (χ2v) is 7.13. The average molecular weight is 347 g/mol. The van der Waals surface area contributed by atoms with Crippen molar-refractivity contribution < 1.29 is 14.6 Å². The van der Waals surface area contributed by atoms with Gasteiger partial charge in [-0.1, -0.05) is 13.0 Å². The SMILES string of the molecule is COc1cc(C(C(=O)N2CCC(C)CC2)N2CCNCC2)ccc1O. The molecule has 1 aromatic rings. The van der Waals surface area contributed by atoms with Crippen LogP contribution in [0.25, 0.3) is 0 Å². The molecule has 25 heavy (non-hydrogen) atoms. The van der Waals surface area contributed by atoms with Crippen molar-refractivity contribution >= 4 is 5.91 Å². The van der Waals surface area contributed by atoms with Crippen LogP contribution in [0, 0.1) is 5.92 Å². The van der Waals surface area contributed by atoms with E-state index in [1.54, 1.807) is 12.1 Å². The maximum absolute atomic E-state index is 13.3. The molecule has 2 heterocycles. The van der Waals surface area contributed by atoms with Crippen LogP contribution in [0.3, 0.4) is 0 Å². The smallest absolute Gasteiger partial charge is 0.244 e. The third-order valence-electron chi connectivity index (χ3n) is 5.37. The van der Waals surface area contributed by atoms with E-state index in [2.05, 4.69) is 17.1 Å². The van der Waals surface area contributed by atoms with Gasteiger partial charge in [0.05, 0.1) is 7.11 Å². The minimum absolute atomic E-state index is 0.101. The van der Waals surface area contributed by atoms with Gasteiger partial charge in [0.2, 0.25) is 5.91 Å². The molecule has 1 atom stereocenters. The van der Waals surface area contributed by atoms with Crippen LogP contribution in [-0.4, -0.2) is 67.2 Å². The van der Waals surface area contributed by atoms with E-state index < -0.39 is 0 Å². The number of piperazine rings is 1. The molecule has 1 amide bonds. The van der Waals surface area contributed by atoms with Crippen LogP contribution < -0.4 is 10.1 Å². The molecule has 6 nitrogen and oxygen atoms in total. The Kier molecular flexibility index (Phi) is 5.81. The highest BCUT2D eigenvalue weighted by Crippen LogP contribution is 2.33. The molecule has 2 aliphatic heterocycles. The van der Waals surface area contributed by atoms with Crippen molar-refractivity contribution in [3.8, 4) is 11.5 Å². The van der Waals surface area contributed by atoms with Crippen LogP contribution in [0.15, 0.2) is 18.2 Å². The molecule has 3 rings (SSSR count). The Hall–Kier alpha value is -1.79. The number of carbonyl (C=O) groups is 1. The van der Waals surface area contributed by atoms with E-state index in [9.17, 15) is 9.90 Å². The van der Waals surface area contributed by atoms with E-state index in [-0.39, 0.29) is 17.7 Å². The number of ether oxygens (including phenoxy) is 1. The molecule has 2 saturated heterocycles. The van der Waals surface area contributed by atoms with Crippen molar-refractivity contribution in [1.82, 2.24) is 15.1 Å². The maximum Gasteiger partial charge on any atom is 0.244 e. The van der Waals surface area contributed by atoms with Crippen molar-refractivity contribution in [1.29, 1.82) is 0 Å². The molecule has 0 spiro atoms. The van der Waals surface area contributed by atoms with E-state index >= 15 is 0 Å². The third-order valence-corrected chi connectivity index (χ3v) is 5.37. The number of aromatic hydroxyl groups is 1. The van der Waals surface area contributed by atoms with Gasteiger partial charge in [-0.15, -0.1) is 0 Å². The molecule has 0 saturated carbocycles. The highest BCUT2D eigenvalue weighted by Gasteiger charge is 2.33. The van der Waals surface area contributed by atoms with Gasteiger partial charge in [-0.25, -0.2) is 0 Å². The first-order valence-electron chi connectivity index (χ1n) is 9.20. The predicted molar refractivity (Wildman–Crippen MR) is 96.8 cm³/mol. The number of phenolic OH excluding ortho intramolecular Hbond substituents is 1. The maximum atomic E-state index is 13.3. The molecule has 0 aromatic heterocycles. The van der Waals surface area contributed by atoms with Gasteiger partial charge in [0.1, 0.15) is 6.04 Å². The summed E-state index contributed by atoms with van der Waals surface area (Å²) in [6.45, 7) is 7.36. The first-order valence-corrected chi connectivity index (χ1v) is 9.20. The van der Waals surface area contributed by atoms with Crippen LogP contribution in [0.5, 0.6) is 11.5 Å². The van der Waals surface area contributed by atoms with Gasteiger partial charge in [0.15, 0.2) is 11.5 Å². The number of piperidine rings is 1. The highest BCUT2D eigenvalue weighted by molar-refractivity contribution is 5.83. The molecule has 2 fully saturated rings. The predicted octanol–water partition coefficient (Wildman–Crippen LogP) is 1.61. The standard InChI is InChI=1S/C19H29N3O3/c1-14-5-9-22(10-6-14)19(24)18(21-11-7-20-8-12-21)15-3-4-16(23)17(13-15)25-2/h3-4,13-14,18,20,23H,5-12H2,1-2H3. The zero-order valence-electron chi connectivity index (χ0n) is 15.2. The number of nitrogens with one attached hydrogen (secondary N) is 1. The second kappa shape index (κ2) is 8.06. The number of hydrogen-bond acceptors (Lipinski definition) is 5. The van der Waals surface area contributed by atoms with Crippen molar-refractivity contribution in [3.63, 3.8) is 0 Å². The largest absolute Gasteiger partial charge is 0.504 e. The Morgan fingerprint density at radius 1 is 1.24 bits per heavy atom. The molecular weight excluding hydrogens is 318 g/mol. The van der Waals surface area contributed by atoms with Crippen molar-refractivity contribution in [3.05, 3.63) is 23.8 Å². The summed E-state index contributed by atoms with van der Waals surface area (Å²) in [5, 5.41) is 13.2. The minimum Gasteiger partial charge on any atom is -0.504 e. The zero-order valence-corrected chi connectivity index (χ0v) is 15.2. The molecule has 1 unspecified atom stereocenters. The van der Waals surface area contributed by atoms with E-state index in [4.69, 9.17) is 4.74 Å². The average Bonchev–Trinajstić information content (AvgIpc) is 2.64. The minimum atomic E-state index is -0.315. The second-order valence-electron chi connectivity index (χ2n) is 7.13. The molecule has 0 aliphatic carbocycles. The molecule has 2 N–H and O–H groups in total. The van der Waals surface area contributed by atoms with Gasteiger partial charge in [0.25, 0.3) is 0 Å². The summed E-state index contributed by atoms with van der Waals surface area (Å²) in [6.07, 6.45) is 2.14. The van der Waals surface area contributed by atoms with E-state index in [0.717, 1.165) is 57.7 Å².